The molecule has 6 heteroatoms. The third kappa shape index (κ3) is 3.53. The number of rotatable bonds is 4. The maximum atomic E-state index is 12.6. The van der Waals surface area contributed by atoms with Gasteiger partial charge in [-0.2, -0.15) is 0 Å². The summed E-state index contributed by atoms with van der Waals surface area (Å²) in [6.07, 6.45) is 0.380. The Morgan fingerprint density at radius 3 is 2.52 bits per heavy atom. The van der Waals surface area contributed by atoms with Crippen molar-refractivity contribution in [1.82, 2.24) is 4.90 Å². The number of amides is 1. The second-order valence-corrected chi connectivity index (χ2v) is 6.51. The van der Waals surface area contributed by atoms with Gasteiger partial charge in [0.05, 0.1) is 11.3 Å². The van der Waals surface area contributed by atoms with E-state index < -0.39 is 4.92 Å². The van der Waals surface area contributed by atoms with Gasteiger partial charge in [-0.1, -0.05) is 30.3 Å². The SMILES string of the molecule is O=C(Cc1ccccc1)N1CCSC1c1ccc([N+](=O)[O-])cc1. The van der Waals surface area contributed by atoms with Gasteiger partial charge in [0.15, 0.2) is 0 Å². The maximum Gasteiger partial charge on any atom is 0.269 e. The molecule has 118 valence electrons. The Kier molecular flexibility index (Phi) is 4.62. The summed E-state index contributed by atoms with van der Waals surface area (Å²) in [5, 5.41) is 10.7. The van der Waals surface area contributed by atoms with Gasteiger partial charge in [-0.15, -0.1) is 11.8 Å². The minimum Gasteiger partial charge on any atom is -0.325 e. The molecule has 1 fully saturated rings. The highest BCUT2D eigenvalue weighted by Crippen LogP contribution is 2.38. The van der Waals surface area contributed by atoms with E-state index in [2.05, 4.69) is 0 Å². The van der Waals surface area contributed by atoms with Gasteiger partial charge in [0.25, 0.3) is 5.69 Å². The average Bonchev–Trinajstić information content (AvgIpc) is 3.05. The lowest BCUT2D eigenvalue weighted by Crippen LogP contribution is -2.31. The Morgan fingerprint density at radius 2 is 1.87 bits per heavy atom. The summed E-state index contributed by atoms with van der Waals surface area (Å²) in [5.74, 6) is 0.965. The molecular weight excluding hydrogens is 312 g/mol. The van der Waals surface area contributed by atoms with Gasteiger partial charge in [-0.3, -0.25) is 14.9 Å². The molecule has 0 aliphatic carbocycles. The van der Waals surface area contributed by atoms with E-state index in [1.54, 1.807) is 23.9 Å². The zero-order valence-corrected chi connectivity index (χ0v) is 13.2. The number of hydrogen-bond donors (Lipinski definition) is 0. The smallest absolute Gasteiger partial charge is 0.269 e. The van der Waals surface area contributed by atoms with E-state index in [9.17, 15) is 14.9 Å². The summed E-state index contributed by atoms with van der Waals surface area (Å²) in [4.78, 5) is 24.8. The minimum absolute atomic E-state index is 0.0629. The summed E-state index contributed by atoms with van der Waals surface area (Å²) in [6.45, 7) is 0.706. The van der Waals surface area contributed by atoms with Crippen LogP contribution in [-0.4, -0.2) is 28.0 Å². The van der Waals surface area contributed by atoms with Crippen LogP contribution in [0.2, 0.25) is 0 Å². The number of non-ortho nitro benzene ring substituents is 1. The van der Waals surface area contributed by atoms with Crippen LogP contribution in [0, 0.1) is 10.1 Å². The lowest BCUT2D eigenvalue weighted by atomic mass is 10.1. The molecule has 1 unspecified atom stereocenters. The fourth-order valence-electron chi connectivity index (χ4n) is 2.63. The molecule has 1 saturated heterocycles. The van der Waals surface area contributed by atoms with E-state index in [1.807, 2.05) is 35.2 Å². The predicted molar refractivity (Wildman–Crippen MR) is 90.2 cm³/mol. The fraction of sp³-hybridized carbons (Fsp3) is 0.235. The van der Waals surface area contributed by atoms with Crippen molar-refractivity contribution < 1.29 is 9.72 Å². The molecular formula is C17H16N2O3S. The van der Waals surface area contributed by atoms with Gasteiger partial charge in [-0.05, 0) is 23.3 Å². The van der Waals surface area contributed by atoms with Crippen LogP contribution < -0.4 is 0 Å². The number of benzene rings is 2. The molecule has 0 radical (unpaired) electrons. The van der Waals surface area contributed by atoms with Crippen molar-refractivity contribution in [3.05, 3.63) is 75.8 Å². The number of carbonyl (C=O) groups is 1. The molecule has 1 aliphatic heterocycles. The van der Waals surface area contributed by atoms with E-state index in [1.165, 1.54) is 12.1 Å². The van der Waals surface area contributed by atoms with Crippen LogP contribution in [0.3, 0.4) is 0 Å². The highest BCUT2D eigenvalue weighted by molar-refractivity contribution is 7.99. The van der Waals surface area contributed by atoms with Crippen molar-refractivity contribution in [3.63, 3.8) is 0 Å². The van der Waals surface area contributed by atoms with Crippen LogP contribution in [0.1, 0.15) is 16.5 Å². The first kappa shape index (κ1) is 15.6. The molecule has 0 bridgehead atoms. The molecule has 0 spiro atoms. The van der Waals surface area contributed by atoms with Crippen molar-refractivity contribution in [1.29, 1.82) is 0 Å². The molecule has 0 N–H and O–H groups in total. The summed E-state index contributed by atoms with van der Waals surface area (Å²) >= 11 is 1.69. The van der Waals surface area contributed by atoms with Crippen LogP contribution in [0.4, 0.5) is 5.69 Å². The number of carbonyl (C=O) groups excluding carboxylic acids is 1. The van der Waals surface area contributed by atoms with Crippen LogP contribution in [0.5, 0.6) is 0 Å². The molecule has 23 heavy (non-hydrogen) atoms. The quantitative estimate of drug-likeness (QED) is 0.637. The van der Waals surface area contributed by atoms with Gasteiger partial charge < -0.3 is 4.90 Å². The second-order valence-electron chi connectivity index (χ2n) is 5.32. The van der Waals surface area contributed by atoms with Gasteiger partial charge in [0.1, 0.15) is 5.37 Å². The Bertz CT molecular complexity index is 704. The molecule has 0 saturated carbocycles. The summed E-state index contributed by atoms with van der Waals surface area (Å²) in [6, 6.07) is 16.1. The van der Waals surface area contributed by atoms with Crippen LogP contribution in [0.15, 0.2) is 54.6 Å². The number of thioether (sulfide) groups is 1. The van der Waals surface area contributed by atoms with Crippen LogP contribution >= 0.6 is 11.8 Å². The first-order valence-corrected chi connectivity index (χ1v) is 8.39. The minimum atomic E-state index is -0.413. The Hall–Kier alpha value is -2.34. The molecule has 0 aromatic heterocycles. The molecule has 1 aliphatic rings. The topological polar surface area (TPSA) is 63.5 Å². The zero-order valence-electron chi connectivity index (χ0n) is 12.4. The van der Waals surface area contributed by atoms with E-state index in [0.29, 0.717) is 13.0 Å². The molecule has 2 aromatic rings. The highest BCUT2D eigenvalue weighted by Gasteiger charge is 2.30. The lowest BCUT2D eigenvalue weighted by molar-refractivity contribution is -0.384. The molecule has 2 aromatic carbocycles. The third-order valence-corrected chi connectivity index (χ3v) is 5.06. The Labute approximate surface area is 138 Å². The van der Waals surface area contributed by atoms with E-state index in [0.717, 1.165) is 16.9 Å². The summed E-state index contributed by atoms with van der Waals surface area (Å²) < 4.78 is 0. The molecule has 1 heterocycles. The average molecular weight is 328 g/mol. The largest absolute Gasteiger partial charge is 0.325 e. The molecule has 1 amide bonds. The van der Waals surface area contributed by atoms with Crippen molar-refractivity contribution in [2.75, 3.05) is 12.3 Å². The monoisotopic (exact) mass is 328 g/mol. The normalized spacial score (nSPS) is 17.2. The Morgan fingerprint density at radius 1 is 1.17 bits per heavy atom. The van der Waals surface area contributed by atoms with Gasteiger partial charge in [-0.25, -0.2) is 0 Å². The first-order valence-electron chi connectivity index (χ1n) is 7.34. The lowest BCUT2D eigenvalue weighted by Gasteiger charge is -2.24. The number of hydrogen-bond acceptors (Lipinski definition) is 4. The van der Waals surface area contributed by atoms with Gasteiger partial charge in [0.2, 0.25) is 5.91 Å². The first-order chi connectivity index (χ1) is 11.1. The van der Waals surface area contributed by atoms with Crippen LogP contribution in [0.25, 0.3) is 0 Å². The van der Waals surface area contributed by atoms with Crippen molar-refractivity contribution in [3.8, 4) is 0 Å². The highest BCUT2D eigenvalue weighted by atomic mass is 32.2. The maximum absolute atomic E-state index is 12.6. The second kappa shape index (κ2) is 6.83. The molecule has 5 nitrogen and oxygen atoms in total. The standard InChI is InChI=1S/C17H16N2O3S/c20-16(12-13-4-2-1-3-5-13)18-10-11-23-17(18)14-6-8-15(9-7-14)19(21)22/h1-9,17H,10-12H2. The summed E-state index contributed by atoms with van der Waals surface area (Å²) in [7, 11) is 0. The van der Waals surface area contributed by atoms with E-state index in [4.69, 9.17) is 0 Å². The third-order valence-electron chi connectivity index (χ3n) is 3.80. The number of nitrogens with zero attached hydrogens (tertiary/aromatic N) is 2. The zero-order chi connectivity index (χ0) is 16.2. The van der Waals surface area contributed by atoms with Crippen LogP contribution in [-0.2, 0) is 11.2 Å². The fourth-order valence-corrected chi connectivity index (χ4v) is 3.91. The summed E-state index contributed by atoms with van der Waals surface area (Å²) in [5.41, 5.74) is 2.00. The number of nitro groups is 1. The number of nitro benzene ring substituents is 1. The van der Waals surface area contributed by atoms with Crippen molar-refractivity contribution >= 4 is 23.4 Å². The van der Waals surface area contributed by atoms with Crippen molar-refractivity contribution in [2.24, 2.45) is 0 Å². The van der Waals surface area contributed by atoms with E-state index >= 15 is 0 Å². The van der Waals surface area contributed by atoms with E-state index in [-0.39, 0.29) is 17.0 Å². The van der Waals surface area contributed by atoms with Gasteiger partial charge in [0, 0.05) is 24.4 Å². The Balaban J connectivity index is 1.74. The molecule has 1 atom stereocenters. The predicted octanol–water partition coefficient (Wildman–Crippen LogP) is 3.41. The molecule has 3 rings (SSSR count). The van der Waals surface area contributed by atoms with Crippen molar-refractivity contribution in [2.45, 2.75) is 11.8 Å². The van der Waals surface area contributed by atoms with Gasteiger partial charge >= 0.3 is 0 Å².